The second-order valence-electron chi connectivity index (χ2n) is 8.17. The highest BCUT2D eigenvalue weighted by molar-refractivity contribution is 9.10. The molecule has 0 aromatic heterocycles. The van der Waals surface area contributed by atoms with Crippen molar-refractivity contribution < 1.29 is 9.84 Å². The van der Waals surface area contributed by atoms with E-state index in [1.54, 1.807) is 0 Å². The second-order valence-corrected chi connectivity index (χ2v) is 9.08. The number of aliphatic hydroxyl groups excluding tert-OH is 1. The highest BCUT2D eigenvalue weighted by Crippen LogP contribution is 2.38. The molecule has 4 rings (SSSR count). The minimum absolute atomic E-state index is 0.192. The first-order valence-electron chi connectivity index (χ1n) is 11.0. The fourth-order valence-corrected chi connectivity index (χ4v) is 4.69. The summed E-state index contributed by atoms with van der Waals surface area (Å²) in [4.78, 5) is 0. The summed E-state index contributed by atoms with van der Waals surface area (Å²) < 4.78 is 7.14. The van der Waals surface area contributed by atoms with Crippen molar-refractivity contribution in [3.05, 3.63) is 81.8 Å². The third-order valence-electron chi connectivity index (χ3n) is 5.91. The number of unbranched alkanes of at least 4 members (excludes halogenated alkanes) is 4. The first-order valence-corrected chi connectivity index (χ1v) is 11.8. The molecule has 0 aliphatic heterocycles. The van der Waals surface area contributed by atoms with Gasteiger partial charge in [-0.25, -0.2) is 0 Å². The Morgan fingerprint density at radius 3 is 2.70 bits per heavy atom. The van der Waals surface area contributed by atoms with Gasteiger partial charge in [0, 0.05) is 21.3 Å². The van der Waals surface area contributed by atoms with Crippen LogP contribution in [-0.2, 0) is 6.42 Å². The summed E-state index contributed by atoms with van der Waals surface area (Å²) in [7, 11) is 0. The quantitative estimate of drug-likeness (QED) is 0.323. The molecule has 2 nitrogen and oxygen atoms in total. The van der Waals surface area contributed by atoms with Gasteiger partial charge in [0.15, 0.2) is 0 Å². The minimum atomic E-state index is 0.192. The van der Waals surface area contributed by atoms with Crippen molar-refractivity contribution >= 4 is 32.5 Å². The molecule has 1 N–H and O–H groups in total. The van der Waals surface area contributed by atoms with Gasteiger partial charge >= 0.3 is 0 Å². The third-order valence-corrected chi connectivity index (χ3v) is 6.41. The maximum absolute atomic E-state index is 10.3. The van der Waals surface area contributed by atoms with Crippen LogP contribution in [0.1, 0.15) is 61.6 Å². The topological polar surface area (TPSA) is 29.5 Å². The van der Waals surface area contributed by atoms with E-state index in [4.69, 9.17) is 4.74 Å². The standard InChI is InChI=1S/C27H29BrO2/c1-2-3-4-5-6-14-30-27-9-7-8-20-15-19(10-12-23(20)27)16-21-17-26(29)24-13-11-22(28)18-25(21)24/h7-13,15,17-18,21,29H,2-6,14,16H2,1H3. The molecule has 0 bridgehead atoms. The van der Waals surface area contributed by atoms with Gasteiger partial charge in [0.2, 0.25) is 0 Å². The molecule has 3 aromatic rings. The molecule has 1 aliphatic rings. The minimum Gasteiger partial charge on any atom is -0.508 e. The van der Waals surface area contributed by atoms with Crippen molar-refractivity contribution in [1.82, 2.24) is 0 Å². The molecule has 0 spiro atoms. The van der Waals surface area contributed by atoms with Crippen molar-refractivity contribution in [3.63, 3.8) is 0 Å². The molecule has 3 heteroatoms. The van der Waals surface area contributed by atoms with Crippen LogP contribution in [0.15, 0.2) is 65.1 Å². The van der Waals surface area contributed by atoms with Crippen LogP contribution in [0, 0.1) is 0 Å². The van der Waals surface area contributed by atoms with Crippen LogP contribution >= 0.6 is 15.9 Å². The first-order chi connectivity index (χ1) is 14.7. The number of rotatable bonds is 9. The lowest BCUT2D eigenvalue weighted by molar-refractivity contribution is 0.308. The predicted octanol–water partition coefficient (Wildman–Crippen LogP) is 8.19. The van der Waals surface area contributed by atoms with E-state index < -0.39 is 0 Å². The Kier molecular flexibility index (Phi) is 6.79. The molecular weight excluding hydrogens is 436 g/mol. The van der Waals surface area contributed by atoms with Crippen LogP contribution < -0.4 is 4.74 Å². The third kappa shape index (κ3) is 4.73. The molecule has 0 saturated heterocycles. The fraction of sp³-hybridized carbons (Fsp3) is 0.333. The van der Waals surface area contributed by atoms with Crippen molar-refractivity contribution in [2.24, 2.45) is 0 Å². The lowest BCUT2D eigenvalue weighted by Gasteiger charge is -2.13. The smallest absolute Gasteiger partial charge is 0.127 e. The number of ether oxygens (including phenoxy) is 1. The van der Waals surface area contributed by atoms with Gasteiger partial charge in [-0.05, 0) is 59.7 Å². The molecule has 156 valence electrons. The Hall–Kier alpha value is -2.26. The van der Waals surface area contributed by atoms with Gasteiger partial charge in [-0.15, -0.1) is 0 Å². The Labute approximate surface area is 187 Å². The van der Waals surface area contributed by atoms with Gasteiger partial charge in [0.25, 0.3) is 0 Å². The number of halogens is 1. The molecule has 0 heterocycles. The summed E-state index contributed by atoms with van der Waals surface area (Å²) in [6.45, 7) is 3.02. The van der Waals surface area contributed by atoms with Crippen LogP contribution in [-0.4, -0.2) is 11.7 Å². The summed E-state index contributed by atoms with van der Waals surface area (Å²) >= 11 is 3.56. The fourth-order valence-electron chi connectivity index (χ4n) is 4.31. The monoisotopic (exact) mass is 464 g/mol. The summed E-state index contributed by atoms with van der Waals surface area (Å²) in [6, 6.07) is 19.0. The SMILES string of the molecule is CCCCCCCOc1cccc2cc(CC3C=C(O)c4ccc(Br)cc43)ccc12. The summed E-state index contributed by atoms with van der Waals surface area (Å²) in [5.41, 5.74) is 3.39. The van der Waals surface area contributed by atoms with Gasteiger partial charge in [0.05, 0.1) is 6.61 Å². The maximum atomic E-state index is 10.3. The molecule has 0 saturated carbocycles. The van der Waals surface area contributed by atoms with E-state index in [2.05, 4.69) is 65.3 Å². The van der Waals surface area contributed by atoms with Crippen LogP contribution in [0.3, 0.4) is 0 Å². The Balaban J connectivity index is 1.47. The molecule has 1 atom stereocenters. The summed E-state index contributed by atoms with van der Waals surface area (Å²) in [5, 5.41) is 12.7. The average Bonchev–Trinajstić information content (AvgIpc) is 3.05. The largest absolute Gasteiger partial charge is 0.508 e. The molecular formula is C27H29BrO2. The molecule has 30 heavy (non-hydrogen) atoms. The highest BCUT2D eigenvalue weighted by atomic mass is 79.9. The number of benzene rings is 3. The van der Waals surface area contributed by atoms with Gasteiger partial charge in [0.1, 0.15) is 11.5 Å². The van der Waals surface area contributed by atoms with Gasteiger partial charge < -0.3 is 9.84 Å². The molecule has 3 aromatic carbocycles. The van der Waals surface area contributed by atoms with Gasteiger partial charge in [-0.3, -0.25) is 0 Å². The van der Waals surface area contributed by atoms with Crippen LogP contribution in [0.2, 0.25) is 0 Å². The molecule has 0 fully saturated rings. The number of aliphatic hydroxyl groups is 1. The molecule has 0 amide bonds. The zero-order chi connectivity index (χ0) is 20.9. The van der Waals surface area contributed by atoms with Crippen molar-refractivity contribution in [1.29, 1.82) is 0 Å². The number of hydrogen-bond donors (Lipinski definition) is 1. The number of allylic oxidation sites excluding steroid dienone is 1. The van der Waals surface area contributed by atoms with Crippen LogP contribution in [0.4, 0.5) is 0 Å². The van der Waals surface area contributed by atoms with Crippen molar-refractivity contribution in [2.45, 2.75) is 51.4 Å². The first kappa shape index (κ1) is 21.0. The number of hydrogen-bond acceptors (Lipinski definition) is 2. The van der Waals surface area contributed by atoms with E-state index >= 15 is 0 Å². The molecule has 1 unspecified atom stereocenters. The average molecular weight is 465 g/mol. The second kappa shape index (κ2) is 9.70. The van der Waals surface area contributed by atoms with E-state index in [-0.39, 0.29) is 5.92 Å². The van der Waals surface area contributed by atoms with E-state index in [9.17, 15) is 5.11 Å². The van der Waals surface area contributed by atoms with E-state index in [1.165, 1.54) is 47.6 Å². The van der Waals surface area contributed by atoms with Crippen molar-refractivity contribution in [2.75, 3.05) is 6.61 Å². The Morgan fingerprint density at radius 2 is 1.83 bits per heavy atom. The molecule has 1 aliphatic carbocycles. The zero-order valence-electron chi connectivity index (χ0n) is 17.5. The van der Waals surface area contributed by atoms with E-state index in [0.717, 1.165) is 35.2 Å². The summed E-state index contributed by atoms with van der Waals surface area (Å²) in [5.74, 6) is 1.55. The van der Waals surface area contributed by atoms with Crippen LogP contribution in [0.25, 0.3) is 16.5 Å². The normalized spacial score (nSPS) is 15.3. The lowest BCUT2D eigenvalue weighted by atomic mass is 9.92. The maximum Gasteiger partial charge on any atom is 0.127 e. The predicted molar refractivity (Wildman–Crippen MR) is 129 cm³/mol. The molecule has 0 radical (unpaired) electrons. The van der Waals surface area contributed by atoms with Crippen molar-refractivity contribution in [3.8, 4) is 5.75 Å². The van der Waals surface area contributed by atoms with Gasteiger partial charge in [-0.2, -0.15) is 0 Å². The van der Waals surface area contributed by atoms with Gasteiger partial charge in [-0.1, -0.05) is 78.9 Å². The Bertz CT molecular complexity index is 1050. The van der Waals surface area contributed by atoms with Crippen LogP contribution in [0.5, 0.6) is 5.75 Å². The number of fused-ring (bicyclic) bond motifs is 2. The highest BCUT2D eigenvalue weighted by Gasteiger charge is 2.23. The summed E-state index contributed by atoms with van der Waals surface area (Å²) in [6.07, 6.45) is 9.07. The van der Waals surface area contributed by atoms with E-state index in [0.29, 0.717) is 5.76 Å². The zero-order valence-corrected chi connectivity index (χ0v) is 19.1. The lowest BCUT2D eigenvalue weighted by Crippen LogP contribution is -2.00. The van der Waals surface area contributed by atoms with E-state index in [1.807, 2.05) is 18.2 Å². The Morgan fingerprint density at radius 1 is 0.967 bits per heavy atom.